The number of carbonyl (C=O) groups is 1. The Morgan fingerprint density at radius 2 is 2.25 bits per heavy atom. The van der Waals surface area contributed by atoms with Gasteiger partial charge in [-0.1, -0.05) is 0 Å². The molecular weight excluding hydrogens is 256 g/mol. The third-order valence-electron chi connectivity index (χ3n) is 4.25. The van der Waals surface area contributed by atoms with Crippen LogP contribution in [0.25, 0.3) is 0 Å². The van der Waals surface area contributed by atoms with Gasteiger partial charge in [-0.25, -0.2) is 9.78 Å². The summed E-state index contributed by atoms with van der Waals surface area (Å²) in [7, 11) is 1.36. The molecule has 2 saturated heterocycles. The summed E-state index contributed by atoms with van der Waals surface area (Å²) in [6.45, 7) is 5.41. The summed E-state index contributed by atoms with van der Waals surface area (Å²) in [5.74, 6) is 0.332. The van der Waals surface area contributed by atoms with E-state index in [0.717, 1.165) is 18.9 Å². The van der Waals surface area contributed by atoms with Crippen molar-refractivity contribution in [1.82, 2.24) is 14.9 Å². The Balaban J connectivity index is 1.83. The molecule has 0 spiro atoms. The zero-order valence-corrected chi connectivity index (χ0v) is 12.0. The van der Waals surface area contributed by atoms with Gasteiger partial charge in [0, 0.05) is 25.2 Å². The second-order valence-electron chi connectivity index (χ2n) is 5.55. The Bertz CT molecular complexity index is 508. The minimum absolute atomic E-state index is 0.269. The fourth-order valence-corrected chi connectivity index (χ4v) is 3.20. The van der Waals surface area contributed by atoms with Crippen LogP contribution in [-0.2, 0) is 4.74 Å². The summed E-state index contributed by atoms with van der Waals surface area (Å²) < 4.78 is 4.71. The van der Waals surface area contributed by atoms with Crippen molar-refractivity contribution in [2.45, 2.75) is 31.8 Å². The van der Waals surface area contributed by atoms with Crippen LogP contribution in [0, 0.1) is 0 Å². The van der Waals surface area contributed by atoms with Crippen molar-refractivity contribution in [2.75, 3.05) is 31.6 Å². The van der Waals surface area contributed by atoms with Crippen LogP contribution >= 0.6 is 0 Å². The third-order valence-corrected chi connectivity index (χ3v) is 4.25. The van der Waals surface area contributed by atoms with Crippen LogP contribution in [0.15, 0.2) is 12.4 Å². The SMILES string of the molecule is COC(=O)c1cncc(N2CC3CCCN3CC2C)n1. The van der Waals surface area contributed by atoms with Crippen LogP contribution in [0.1, 0.15) is 30.3 Å². The number of ether oxygens (including phenoxy) is 1. The van der Waals surface area contributed by atoms with E-state index in [4.69, 9.17) is 4.74 Å². The molecule has 2 aliphatic rings. The van der Waals surface area contributed by atoms with Crippen LogP contribution in [-0.4, -0.2) is 59.7 Å². The first kappa shape index (κ1) is 13.3. The van der Waals surface area contributed by atoms with Gasteiger partial charge < -0.3 is 9.64 Å². The molecule has 20 heavy (non-hydrogen) atoms. The first-order valence-corrected chi connectivity index (χ1v) is 7.10. The number of methoxy groups -OCH3 is 1. The lowest BCUT2D eigenvalue weighted by Gasteiger charge is -2.42. The van der Waals surface area contributed by atoms with Crippen molar-refractivity contribution in [3.63, 3.8) is 0 Å². The van der Waals surface area contributed by atoms with Gasteiger partial charge >= 0.3 is 5.97 Å². The molecule has 0 aromatic carbocycles. The maximum Gasteiger partial charge on any atom is 0.358 e. The molecule has 3 heterocycles. The molecule has 1 aromatic heterocycles. The number of anilines is 1. The molecular formula is C14H20N4O2. The number of piperazine rings is 1. The number of aromatic nitrogens is 2. The van der Waals surface area contributed by atoms with Crippen molar-refractivity contribution in [1.29, 1.82) is 0 Å². The number of fused-ring (bicyclic) bond motifs is 1. The van der Waals surface area contributed by atoms with E-state index in [1.807, 2.05) is 0 Å². The monoisotopic (exact) mass is 276 g/mol. The molecule has 0 amide bonds. The lowest BCUT2D eigenvalue weighted by Crippen LogP contribution is -2.55. The van der Waals surface area contributed by atoms with Crippen LogP contribution in [0.4, 0.5) is 5.82 Å². The minimum Gasteiger partial charge on any atom is -0.464 e. The smallest absolute Gasteiger partial charge is 0.358 e. The number of rotatable bonds is 2. The topological polar surface area (TPSA) is 58.6 Å². The van der Waals surface area contributed by atoms with E-state index in [-0.39, 0.29) is 5.69 Å². The average Bonchev–Trinajstić information content (AvgIpc) is 2.92. The Morgan fingerprint density at radius 1 is 1.40 bits per heavy atom. The van der Waals surface area contributed by atoms with Crippen molar-refractivity contribution in [3.05, 3.63) is 18.1 Å². The standard InChI is InChI=1S/C14H20N4O2/c1-10-8-17-5-3-4-11(17)9-18(10)13-7-15-6-12(16-13)14(19)20-2/h6-7,10-11H,3-5,8-9H2,1-2H3. The van der Waals surface area contributed by atoms with Gasteiger partial charge in [0.2, 0.25) is 0 Å². The van der Waals surface area contributed by atoms with Gasteiger partial charge in [-0.05, 0) is 26.3 Å². The van der Waals surface area contributed by atoms with Gasteiger partial charge in [0.05, 0.1) is 19.5 Å². The maximum atomic E-state index is 11.6. The van der Waals surface area contributed by atoms with Crippen molar-refractivity contribution in [3.8, 4) is 0 Å². The van der Waals surface area contributed by atoms with E-state index in [1.165, 1.54) is 32.7 Å². The van der Waals surface area contributed by atoms with E-state index >= 15 is 0 Å². The van der Waals surface area contributed by atoms with Gasteiger partial charge in [-0.3, -0.25) is 9.88 Å². The number of hydrogen-bond acceptors (Lipinski definition) is 6. The predicted molar refractivity (Wildman–Crippen MR) is 74.8 cm³/mol. The van der Waals surface area contributed by atoms with Crippen molar-refractivity contribution < 1.29 is 9.53 Å². The number of nitrogens with zero attached hydrogens (tertiary/aromatic N) is 4. The van der Waals surface area contributed by atoms with E-state index < -0.39 is 5.97 Å². The maximum absolute atomic E-state index is 11.6. The van der Waals surface area contributed by atoms with E-state index in [0.29, 0.717) is 12.1 Å². The highest BCUT2D eigenvalue weighted by atomic mass is 16.5. The fraction of sp³-hybridized carbons (Fsp3) is 0.643. The molecule has 2 aliphatic heterocycles. The molecule has 3 rings (SSSR count). The lowest BCUT2D eigenvalue weighted by molar-refractivity contribution is 0.0593. The molecule has 2 atom stereocenters. The summed E-state index contributed by atoms with van der Waals surface area (Å²) >= 11 is 0. The molecule has 6 heteroatoms. The van der Waals surface area contributed by atoms with Crippen LogP contribution < -0.4 is 4.90 Å². The Kier molecular flexibility index (Phi) is 3.56. The molecule has 0 aliphatic carbocycles. The van der Waals surface area contributed by atoms with Crippen LogP contribution in [0.2, 0.25) is 0 Å². The molecule has 6 nitrogen and oxygen atoms in total. The quantitative estimate of drug-likeness (QED) is 0.749. The molecule has 0 N–H and O–H groups in total. The highest BCUT2D eigenvalue weighted by Crippen LogP contribution is 2.27. The highest BCUT2D eigenvalue weighted by molar-refractivity contribution is 5.87. The minimum atomic E-state index is -0.438. The van der Waals surface area contributed by atoms with E-state index in [9.17, 15) is 4.79 Å². The summed E-state index contributed by atoms with van der Waals surface area (Å²) in [6, 6.07) is 0.987. The largest absolute Gasteiger partial charge is 0.464 e. The van der Waals surface area contributed by atoms with Gasteiger partial charge in [0.1, 0.15) is 5.82 Å². The summed E-state index contributed by atoms with van der Waals surface area (Å²) in [4.78, 5) is 24.9. The van der Waals surface area contributed by atoms with Crippen LogP contribution in [0.5, 0.6) is 0 Å². The Hall–Kier alpha value is -1.69. The molecule has 0 saturated carbocycles. The molecule has 1 aromatic rings. The third kappa shape index (κ3) is 2.35. The predicted octanol–water partition coefficient (Wildman–Crippen LogP) is 0.936. The number of hydrogen-bond donors (Lipinski definition) is 0. The normalized spacial score (nSPS) is 26.4. The van der Waals surface area contributed by atoms with Gasteiger partial charge in [-0.15, -0.1) is 0 Å². The first-order chi connectivity index (χ1) is 9.69. The zero-order chi connectivity index (χ0) is 14.1. The van der Waals surface area contributed by atoms with Gasteiger partial charge in [0.15, 0.2) is 5.69 Å². The average molecular weight is 276 g/mol. The van der Waals surface area contributed by atoms with Crippen molar-refractivity contribution in [2.24, 2.45) is 0 Å². The Labute approximate surface area is 118 Å². The van der Waals surface area contributed by atoms with E-state index in [1.54, 1.807) is 6.20 Å². The van der Waals surface area contributed by atoms with E-state index in [2.05, 4.69) is 26.7 Å². The Morgan fingerprint density at radius 3 is 3.05 bits per heavy atom. The second kappa shape index (κ2) is 5.36. The van der Waals surface area contributed by atoms with Crippen molar-refractivity contribution >= 4 is 11.8 Å². The summed E-state index contributed by atoms with van der Waals surface area (Å²) in [5.41, 5.74) is 0.269. The number of esters is 1. The molecule has 2 unspecified atom stereocenters. The summed E-state index contributed by atoms with van der Waals surface area (Å²) in [5, 5.41) is 0. The van der Waals surface area contributed by atoms with Gasteiger partial charge in [0.25, 0.3) is 0 Å². The number of carbonyl (C=O) groups excluding carboxylic acids is 1. The summed E-state index contributed by atoms with van der Waals surface area (Å²) in [6.07, 6.45) is 5.70. The molecule has 2 fully saturated rings. The highest BCUT2D eigenvalue weighted by Gasteiger charge is 2.35. The molecule has 108 valence electrons. The second-order valence-corrected chi connectivity index (χ2v) is 5.55. The molecule has 0 bridgehead atoms. The first-order valence-electron chi connectivity index (χ1n) is 7.10. The zero-order valence-electron chi connectivity index (χ0n) is 12.0. The molecule has 0 radical (unpaired) electrons. The van der Waals surface area contributed by atoms with Crippen LogP contribution in [0.3, 0.4) is 0 Å². The van der Waals surface area contributed by atoms with Gasteiger partial charge in [-0.2, -0.15) is 0 Å². The lowest BCUT2D eigenvalue weighted by atomic mass is 10.1. The fourth-order valence-electron chi connectivity index (χ4n) is 3.20.